The lowest BCUT2D eigenvalue weighted by Crippen LogP contribution is -2.44. The molecule has 0 fully saturated rings. The van der Waals surface area contributed by atoms with Gasteiger partial charge in [0.15, 0.2) is 5.41 Å². The van der Waals surface area contributed by atoms with E-state index in [4.69, 9.17) is 5.73 Å². The lowest BCUT2D eigenvalue weighted by molar-refractivity contribution is -0.131. The van der Waals surface area contributed by atoms with Crippen LogP contribution in [0.1, 0.15) is 12.5 Å². The van der Waals surface area contributed by atoms with Crippen molar-refractivity contribution in [2.24, 2.45) is 5.73 Å². The van der Waals surface area contributed by atoms with Crippen LogP contribution in [-0.2, 0) is 15.0 Å². The standard InChI is InChI=1S/C16H13N5O2/c1-16(14(17)22)9-5-11-12(6-10(9)21-15(16)23)20-13(19-11)8-3-2-4-18-7-8/h2-7H,1H3,(H2,17,22)(H,19,20)(H,21,23). The average molecular weight is 307 g/mol. The smallest absolute Gasteiger partial charge is 0.244 e. The lowest BCUT2D eigenvalue weighted by Gasteiger charge is -2.17. The molecule has 1 aromatic carbocycles. The predicted molar refractivity (Wildman–Crippen MR) is 84.5 cm³/mol. The van der Waals surface area contributed by atoms with Crippen molar-refractivity contribution in [2.75, 3.05) is 5.32 Å². The zero-order valence-corrected chi connectivity index (χ0v) is 12.3. The van der Waals surface area contributed by atoms with E-state index in [0.29, 0.717) is 22.6 Å². The van der Waals surface area contributed by atoms with E-state index < -0.39 is 17.2 Å². The van der Waals surface area contributed by atoms with Crippen molar-refractivity contribution >= 4 is 28.5 Å². The molecule has 0 spiro atoms. The van der Waals surface area contributed by atoms with E-state index in [1.54, 1.807) is 24.5 Å². The van der Waals surface area contributed by atoms with Crippen molar-refractivity contribution in [1.82, 2.24) is 15.0 Å². The Morgan fingerprint density at radius 2 is 2.17 bits per heavy atom. The number of carbonyl (C=O) groups is 2. The van der Waals surface area contributed by atoms with Crippen LogP contribution in [0, 0.1) is 0 Å². The second-order valence-corrected chi connectivity index (χ2v) is 5.69. The molecule has 1 aliphatic rings. The number of fused-ring (bicyclic) bond motifs is 2. The quantitative estimate of drug-likeness (QED) is 0.619. The van der Waals surface area contributed by atoms with Gasteiger partial charge in [0.25, 0.3) is 0 Å². The number of hydrogen-bond acceptors (Lipinski definition) is 4. The number of primary amides is 1. The highest BCUT2D eigenvalue weighted by molar-refractivity contribution is 6.20. The fourth-order valence-corrected chi connectivity index (χ4v) is 2.83. The SMILES string of the molecule is CC1(C(N)=O)C(=O)Nc2cc3nc(-c4cccnc4)[nH]c3cc21. The van der Waals surface area contributed by atoms with Crippen molar-refractivity contribution < 1.29 is 9.59 Å². The molecule has 0 bridgehead atoms. The summed E-state index contributed by atoms with van der Waals surface area (Å²) in [5.41, 5.74) is 7.47. The van der Waals surface area contributed by atoms with Gasteiger partial charge in [-0.1, -0.05) is 0 Å². The number of carbonyl (C=O) groups excluding carboxylic acids is 2. The molecule has 3 heterocycles. The van der Waals surface area contributed by atoms with Gasteiger partial charge in [-0.3, -0.25) is 14.6 Å². The molecular formula is C16H13N5O2. The highest BCUT2D eigenvalue weighted by Gasteiger charge is 2.48. The fraction of sp³-hybridized carbons (Fsp3) is 0.125. The lowest BCUT2D eigenvalue weighted by atomic mass is 9.83. The molecule has 4 rings (SSSR count). The number of imidazole rings is 1. The summed E-state index contributed by atoms with van der Waals surface area (Å²) >= 11 is 0. The fourth-order valence-electron chi connectivity index (χ4n) is 2.83. The summed E-state index contributed by atoms with van der Waals surface area (Å²) in [4.78, 5) is 35.7. The topological polar surface area (TPSA) is 114 Å². The minimum Gasteiger partial charge on any atom is -0.368 e. The van der Waals surface area contributed by atoms with Crippen molar-refractivity contribution in [3.63, 3.8) is 0 Å². The molecule has 0 saturated carbocycles. The molecule has 1 atom stereocenters. The molecule has 0 radical (unpaired) electrons. The predicted octanol–water partition coefficient (Wildman–Crippen LogP) is 1.32. The summed E-state index contributed by atoms with van der Waals surface area (Å²) in [6.07, 6.45) is 3.40. The number of nitrogens with zero attached hydrogens (tertiary/aromatic N) is 2. The van der Waals surface area contributed by atoms with Crippen molar-refractivity contribution in [3.8, 4) is 11.4 Å². The summed E-state index contributed by atoms with van der Waals surface area (Å²) in [5.74, 6) is -0.427. The molecular weight excluding hydrogens is 294 g/mol. The monoisotopic (exact) mass is 307 g/mol. The van der Waals surface area contributed by atoms with Crippen LogP contribution in [0.15, 0.2) is 36.7 Å². The number of anilines is 1. The molecule has 0 aliphatic carbocycles. The van der Waals surface area contributed by atoms with Gasteiger partial charge in [0.05, 0.1) is 11.0 Å². The molecule has 1 unspecified atom stereocenters. The number of aromatic amines is 1. The first kappa shape index (κ1) is 13.4. The Labute approximate surface area is 130 Å². The van der Waals surface area contributed by atoms with Crippen LogP contribution in [0.5, 0.6) is 0 Å². The van der Waals surface area contributed by atoms with E-state index in [9.17, 15) is 9.59 Å². The maximum atomic E-state index is 12.1. The normalized spacial score (nSPS) is 19.6. The third-order valence-electron chi connectivity index (χ3n) is 4.29. The highest BCUT2D eigenvalue weighted by Crippen LogP contribution is 2.39. The molecule has 0 saturated heterocycles. The van der Waals surface area contributed by atoms with Crippen LogP contribution >= 0.6 is 0 Å². The Morgan fingerprint density at radius 1 is 1.35 bits per heavy atom. The first-order valence-electron chi connectivity index (χ1n) is 7.06. The molecule has 7 heteroatoms. The van der Waals surface area contributed by atoms with E-state index in [2.05, 4.69) is 20.3 Å². The van der Waals surface area contributed by atoms with Crippen LogP contribution in [0.4, 0.5) is 5.69 Å². The molecule has 1 aliphatic heterocycles. The number of nitrogens with two attached hydrogens (primary N) is 1. The summed E-state index contributed by atoms with van der Waals surface area (Å²) in [6.45, 7) is 1.53. The summed E-state index contributed by atoms with van der Waals surface area (Å²) in [7, 11) is 0. The number of pyridine rings is 1. The number of aromatic nitrogens is 3. The Morgan fingerprint density at radius 3 is 2.87 bits per heavy atom. The number of amides is 2. The van der Waals surface area contributed by atoms with Gasteiger partial charge in [-0.05, 0) is 31.2 Å². The van der Waals surface area contributed by atoms with Crippen LogP contribution in [-0.4, -0.2) is 26.8 Å². The first-order valence-corrected chi connectivity index (χ1v) is 7.06. The van der Waals surface area contributed by atoms with Crippen molar-refractivity contribution in [1.29, 1.82) is 0 Å². The second-order valence-electron chi connectivity index (χ2n) is 5.69. The minimum absolute atomic E-state index is 0.417. The van der Waals surface area contributed by atoms with Crippen LogP contribution < -0.4 is 11.1 Å². The van der Waals surface area contributed by atoms with Crippen molar-refractivity contribution in [3.05, 3.63) is 42.2 Å². The van der Waals surface area contributed by atoms with Crippen LogP contribution in [0.25, 0.3) is 22.4 Å². The molecule has 7 nitrogen and oxygen atoms in total. The zero-order valence-electron chi connectivity index (χ0n) is 12.3. The van der Waals surface area contributed by atoms with Crippen LogP contribution in [0.3, 0.4) is 0 Å². The Bertz CT molecular complexity index is 963. The maximum Gasteiger partial charge on any atom is 0.244 e. The van der Waals surface area contributed by atoms with Gasteiger partial charge in [0.2, 0.25) is 11.8 Å². The van der Waals surface area contributed by atoms with Gasteiger partial charge < -0.3 is 16.0 Å². The van der Waals surface area contributed by atoms with E-state index in [0.717, 1.165) is 11.1 Å². The Balaban J connectivity index is 1.91. The number of nitrogens with one attached hydrogen (secondary N) is 2. The van der Waals surface area contributed by atoms with E-state index in [1.807, 2.05) is 12.1 Å². The summed E-state index contributed by atoms with van der Waals surface area (Å²) < 4.78 is 0. The number of rotatable bonds is 2. The molecule has 4 N–H and O–H groups in total. The molecule has 23 heavy (non-hydrogen) atoms. The van der Waals surface area contributed by atoms with Gasteiger partial charge >= 0.3 is 0 Å². The van der Waals surface area contributed by atoms with Crippen LogP contribution in [0.2, 0.25) is 0 Å². The highest BCUT2D eigenvalue weighted by atomic mass is 16.2. The van der Waals surface area contributed by atoms with E-state index in [-0.39, 0.29) is 0 Å². The van der Waals surface area contributed by atoms with Gasteiger partial charge in [0, 0.05) is 29.2 Å². The Kier molecular flexibility index (Phi) is 2.57. The van der Waals surface area contributed by atoms with Gasteiger partial charge in [-0.15, -0.1) is 0 Å². The maximum absolute atomic E-state index is 12.1. The second kappa shape index (κ2) is 4.39. The minimum atomic E-state index is -1.37. The van der Waals surface area contributed by atoms with E-state index >= 15 is 0 Å². The zero-order chi connectivity index (χ0) is 16.2. The molecule has 2 aromatic heterocycles. The largest absolute Gasteiger partial charge is 0.368 e. The van der Waals surface area contributed by atoms with Gasteiger partial charge in [0.1, 0.15) is 5.82 Å². The van der Waals surface area contributed by atoms with E-state index in [1.165, 1.54) is 6.92 Å². The first-order chi connectivity index (χ1) is 11.0. The molecule has 2 amide bonds. The molecule has 3 aromatic rings. The van der Waals surface area contributed by atoms with Crippen molar-refractivity contribution in [2.45, 2.75) is 12.3 Å². The third kappa shape index (κ3) is 1.76. The van der Waals surface area contributed by atoms with Gasteiger partial charge in [-0.25, -0.2) is 4.98 Å². The third-order valence-corrected chi connectivity index (χ3v) is 4.29. The summed E-state index contributed by atoms with van der Waals surface area (Å²) in [5, 5.41) is 2.70. The number of benzene rings is 1. The number of hydrogen-bond donors (Lipinski definition) is 3. The summed E-state index contributed by atoms with van der Waals surface area (Å²) in [6, 6.07) is 7.22. The van der Waals surface area contributed by atoms with Gasteiger partial charge in [-0.2, -0.15) is 0 Å². The Hall–Kier alpha value is -3.22. The molecule has 114 valence electrons. The average Bonchev–Trinajstić information content (AvgIpc) is 3.06. The number of H-pyrrole nitrogens is 1.